The first-order valence-electron chi connectivity index (χ1n) is 5.53. The normalized spacial score (nSPS) is 33.8. The summed E-state index contributed by atoms with van der Waals surface area (Å²) in [5, 5.41) is 11.9. The van der Waals surface area contributed by atoms with Crippen molar-refractivity contribution in [2.45, 2.75) is 31.3 Å². The van der Waals surface area contributed by atoms with E-state index in [0.29, 0.717) is 12.7 Å². The predicted octanol–water partition coefficient (Wildman–Crippen LogP) is 2.16. The van der Waals surface area contributed by atoms with Crippen molar-refractivity contribution in [3.05, 3.63) is 33.8 Å². The lowest BCUT2D eigenvalue weighted by molar-refractivity contribution is 0.128. The average Bonchev–Trinajstić information content (AvgIpc) is 2.87. The van der Waals surface area contributed by atoms with Gasteiger partial charge in [-0.25, -0.2) is 6.57 Å². The van der Waals surface area contributed by atoms with Crippen LogP contribution in [0.25, 0.3) is 4.85 Å². The predicted molar refractivity (Wildman–Crippen MR) is 66.6 cm³/mol. The fourth-order valence-corrected chi connectivity index (χ4v) is 3.37. The zero-order valence-electron chi connectivity index (χ0n) is 9.04. The Hall–Kier alpha value is -0.785. The van der Waals surface area contributed by atoms with E-state index in [1.165, 1.54) is 4.88 Å². The maximum atomic E-state index is 9.87. The molecular formula is C12H14BNOS. The highest BCUT2D eigenvalue weighted by Gasteiger charge is 2.45. The van der Waals surface area contributed by atoms with E-state index in [9.17, 15) is 5.11 Å². The molecule has 1 fully saturated rings. The van der Waals surface area contributed by atoms with Gasteiger partial charge in [0.1, 0.15) is 0 Å². The topological polar surface area (TPSA) is 24.6 Å². The number of rotatable bonds is 3. The van der Waals surface area contributed by atoms with Gasteiger partial charge in [0.05, 0.1) is 14.0 Å². The van der Waals surface area contributed by atoms with Crippen LogP contribution in [0.3, 0.4) is 0 Å². The van der Waals surface area contributed by atoms with E-state index >= 15 is 0 Å². The summed E-state index contributed by atoms with van der Waals surface area (Å²) in [5.41, 5.74) is 0. The largest absolute Gasteiger partial charge is 0.393 e. The van der Waals surface area contributed by atoms with Gasteiger partial charge in [0.25, 0.3) is 0 Å². The van der Waals surface area contributed by atoms with Crippen molar-refractivity contribution in [3.63, 3.8) is 0 Å². The lowest BCUT2D eigenvalue weighted by Crippen LogP contribution is -2.22. The molecule has 2 rings (SSSR count). The molecule has 0 saturated heterocycles. The van der Waals surface area contributed by atoms with E-state index in [0.717, 1.165) is 6.42 Å². The third-order valence-corrected chi connectivity index (χ3v) is 4.38. The van der Waals surface area contributed by atoms with Crippen LogP contribution in [0.4, 0.5) is 0 Å². The number of hydrogen-bond donors (Lipinski definition) is 1. The first kappa shape index (κ1) is 11.7. The third kappa shape index (κ3) is 2.16. The maximum Gasteiger partial charge on any atom is 0.229 e. The van der Waals surface area contributed by atoms with Crippen molar-refractivity contribution >= 4 is 19.2 Å². The van der Waals surface area contributed by atoms with E-state index in [-0.39, 0.29) is 17.9 Å². The molecule has 4 unspecified atom stereocenters. The minimum Gasteiger partial charge on any atom is -0.393 e. The molecule has 4 heteroatoms. The summed E-state index contributed by atoms with van der Waals surface area (Å²) in [6, 6.07) is 4.05. The summed E-state index contributed by atoms with van der Waals surface area (Å²) in [7, 11) is 5.70. The molecule has 1 aromatic rings. The van der Waals surface area contributed by atoms with Crippen molar-refractivity contribution < 1.29 is 5.11 Å². The average molecular weight is 231 g/mol. The summed E-state index contributed by atoms with van der Waals surface area (Å²) in [5.74, 6) is 0.303. The van der Waals surface area contributed by atoms with E-state index in [4.69, 9.17) is 14.4 Å². The van der Waals surface area contributed by atoms with E-state index in [2.05, 4.69) is 10.9 Å². The number of aliphatic hydroxyl groups excluding tert-OH is 1. The third-order valence-electron chi connectivity index (χ3n) is 3.48. The number of nitrogens with zero attached hydrogens (tertiary/aromatic N) is 1. The van der Waals surface area contributed by atoms with Crippen LogP contribution in [-0.4, -0.2) is 25.1 Å². The van der Waals surface area contributed by atoms with Gasteiger partial charge >= 0.3 is 0 Å². The molecule has 1 saturated carbocycles. The molecule has 0 spiro atoms. The fraction of sp³-hybridized carbons (Fsp3) is 0.583. The first-order chi connectivity index (χ1) is 7.76. The molecule has 2 radical (unpaired) electrons. The molecule has 1 heterocycles. The van der Waals surface area contributed by atoms with Crippen LogP contribution in [0.5, 0.6) is 0 Å². The van der Waals surface area contributed by atoms with Gasteiger partial charge in [-0.1, -0.05) is 12.4 Å². The molecule has 1 aliphatic rings. The SMILES string of the molecule is [B]CC1C(O)CC([N+]#[C-])C1Cc1cccs1. The van der Waals surface area contributed by atoms with Crippen molar-refractivity contribution in [2.75, 3.05) is 0 Å². The fourth-order valence-electron chi connectivity index (χ4n) is 2.60. The highest BCUT2D eigenvalue weighted by molar-refractivity contribution is 7.09. The second-order valence-corrected chi connectivity index (χ2v) is 5.38. The minimum absolute atomic E-state index is 0.0642. The summed E-state index contributed by atoms with van der Waals surface area (Å²) in [6.07, 6.45) is 1.54. The highest BCUT2D eigenvalue weighted by atomic mass is 32.1. The molecule has 2 nitrogen and oxygen atoms in total. The van der Waals surface area contributed by atoms with Crippen LogP contribution in [0.15, 0.2) is 17.5 Å². The van der Waals surface area contributed by atoms with Crippen molar-refractivity contribution in [1.82, 2.24) is 0 Å². The monoisotopic (exact) mass is 231 g/mol. The lowest BCUT2D eigenvalue weighted by Gasteiger charge is -2.19. The van der Waals surface area contributed by atoms with Gasteiger partial charge in [-0.3, -0.25) is 0 Å². The molecule has 0 aromatic carbocycles. The standard InChI is InChI=1S/C12H14BNOS/c1-14-11-6-12(15)10(7-13)9(11)5-8-3-2-4-16-8/h2-4,9-12,15H,5-7H2. The Labute approximate surface area is 102 Å². The van der Waals surface area contributed by atoms with E-state index in [1.54, 1.807) is 11.3 Å². The van der Waals surface area contributed by atoms with Crippen LogP contribution in [-0.2, 0) is 6.42 Å². The number of thiophene rings is 1. The quantitative estimate of drug-likeness (QED) is 0.625. The second-order valence-electron chi connectivity index (χ2n) is 4.35. The molecule has 82 valence electrons. The van der Waals surface area contributed by atoms with Crippen LogP contribution < -0.4 is 0 Å². The van der Waals surface area contributed by atoms with Gasteiger partial charge in [-0.2, -0.15) is 0 Å². The number of aliphatic hydroxyl groups is 1. The van der Waals surface area contributed by atoms with E-state index < -0.39 is 6.10 Å². The Bertz CT molecular complexity index is 373. The number of hydrogen-bond acceptors (Lipinski definition) is 2. The van der Waals surface area contributed by atoms with Crippen molar-refractivity contribution in [3.8, 4) is 0 Å². The summed E-state index contributed by atoms with van der Waals surface area (Å²) < 4.78 is 0. The highest BCUT2D eigenvalue weighted by Crippen LogP contribution is 2.39. The van der Waals surface area contributed by atoms with Gasteiger partial charge in [0.15, 0.2) is 0 Å². The smallest absolute Gasteiger partial charge is 0.229 e. The van der Waals surface area contributed by atoms with Crippen LogP contribution in [0.2, 0.25) is 6.32 Å². The van der Waals surface area contributed by atoms with Crippen LogP contribution in [0, 0.1) is 18.4 Å². The Kier molecular flexibility index (Phi) is 3.68. The minimum atomic E-state index is -0.394. The molecular weight excluding hydrogens is 217 g/mol. The van der Waals surface area contributed by atoms with Gasteiger partial charge in [0.2, 0.25) is 6.04 Å². The molecule has 1 aromatic heterocycles. The molecule has 0 amide bonds. The van der Waals surface area contributed by atoms with Crippen LogP contribution in [0.1, 0.15) is 11.3 Å². The molecule has 0 bridgehead atoms. The maximum absolute atomic E-state index is 9.87. The van der Waals surface area contributed by atoms with Gasteiger partial charge < -0.3 is 9.95 Å². The molecule has 1 N–H and O–H groups in total. The molecule has 0 aliphatic heterocycles. The van der Waals surface area contributed by atoms with E-state index in [1.807, 2.05) is 11.4 Å². The van der Waals surface area contributed by atoms with Gasteiger partial charge in [0, 0.05) is 17.2 Å². The van der Waals surface area contributed by atoms with Gasteiger partial charge in [-0.15, -0.1) is 11.3 Å². The Morgan fingerprint density at radius 1 is 1.56 bits per heavy atom. The van der Waals surface area contributed by atoms with Gasteiger partial charge in [-0.05, 0) is 23.8 Å². The molecule has 16 heavy (non-hydrogen) atoms. The van der Waals surface area contributed by atoms with Crippen molar-refractivity contribution in [1.29, 1.82) is 0 Å². The zero-order valence-corrected chi connectivity index (χ0v) is 9.86. The lowest BCUT2D eigenvalue weighted by atomic mass is 9.80. The zero-order chi connectivity index (χ0) is 11.5. The summed E-state index contributed by atoms with van der Waals surface area (Å²) >= 11 is 1.71. The van der Waals surface area contributed by atoms with Crippen LogP contribution >= 0.6 is 11.3 Å². The Morgan fingerprint density at radius 2 is 2.38 bits per heavy atom. The Morgan fingerprint density at radius 3 is 2.94 bits per heavy atom. The summed E-state index contributed by atoms with van der Waals surface area (Å²) in [4.78, 5) is 4.92. The second kappa shape index (κ2) is 5.03. The molecule has 4 atom stereocenters. The first-order valence-corrected chi connectivity index (χ1v) is 6.41. The van der Waals surface area contributed by atoms with Crippen molar-refractivity contribution in [2.24, 2.45) is 11.8 Å². The Balaban J connectivity index is 2.13. The summed E-state index contributed by atoms with van der Waals surface area (Å²) in [6.45, 7) is 7.19. The molecule has 1 aliphatic carbocycles.